The van der Waals surface area contributed by atoms with Gasteiger partial charge in [0.25, 0.3) is 5.91 Å². The summed E-state index contributed by atoms with van der Waals surface area (Å²) in [6.45, 7) is 1.83. The van der Waals surface area contributed by atoms with Crippen LogP contribution in [0.4, 0.5) is 0 Å². The van der Waals surface area contributed by atoms with Gasteiger partial charge in [0.1, 0.15) is 6.04 Å². The van der Waals surface area contributed by atoms with E-state index < -0.39 is 17.9 Å². The molecule has 0 saturated carbocycles. The van der Waals surface area contributed by atoms with Gasteiger partial charge >= 0.3 is 5.97 Å². The van der Waals surface area contributed by atoms with E-state index in [-0.39, 0.29) is 6.42 Å². The zero-order valence-corrected chi connectivity index (χ0v) is 14.4. The molecule has 2 aromatic carbocycles. The maximum absolute atomic E-state index is 12.2. The number of methoxy groups -OCH3 is 2. The normalized spacial score (nSPS) is 11.5. The molecule has 1 amide bonds. The zero-order valence-electron chi connectivity index (χ0n) is 14.4. The molecule has 0 aliphatic rings. The first kappa shape index (κ1) is 18.3. The molecular formula is C19H21NO5. The van der Waals surface area contributed by atoms with Crippen LogP contribution in [0.15, 0.2) is 42.5 Å². The second kappa shape index (κ2) is 8.19. The highest BCUT2D eigenvalue weighted by Gasteiger charge is 2.23. The molecule has 132 valence electrons. The molecule has 2 rings (SSSR count). The van der Waals surface area contributed by atoms with Gasteiger partial charge in [-0.15, -0.1) is 0 Å². The number of hydrogen-bond acceptors (Lipinski definition) is 4. The molecule has 1 unspecified atom stereocenters. The van der Waals surface area contributed by atoms with E-state index in [0.717, 1.165) is 11.1 Å². The number of benzene rings is 2. The molecule has 0 aliphatic carbocycles. The predicted octanol–water partition coefficient (Wildman–Crippen LogP) is 2.44. The topological polar surface area (TPSA) is 84.9 Å². The number of nitrogens with one attached hydrogen (secondary N) is 1. The number of carboxylic acids is 1. The highest BCUT2D eigenvalue weighted by Crippen LogP contribution is 2.33. The van der Waals surface area contributed by atoms with Gasteiger partial charge in [0, 0.05) is 12.0 Å². The van der Waals surface area contributed by atoms with E-state index in [2.05, 4.69) is 5.32 Å². The van der Waals surface area contributed by atoms with E-state index in [1.807, 2.05) is 6.92 Å². The smallest absolute Gasteiger partial charge is 0.326 e. The van der Waals surface area contributed by atoms with Crippen molar-refractivity contribution >= 4 is 11.9 Å². The van der Waals surface area contributed by atoms with Crippen LogP contribution in [0.25, 0.3) is 0 Å². The van der Waals surface area contributed by atoms with Crippen LogP contribution in [0.2, 0.25) is 0 Å². The van der Waals surface area contributed by atoms with Crippen LogP contribution in [0.1, 0.15) is 21.5 Å². The summed E-state index contributed by atoms with van der Waals surface area (Å²) in [6, 6.07) is 11.0. The van der Waals surface area contributed by atoms with Crippen molar-refractivity contribution in [3.8, 4) is 11.5 Å². The minimum Gasteiger partial charge on any atom is -0.493 e. The van der Waals surface area contributed by atoms with E-state index in [1.165, 1.54) is 14.2 Å². The lowest BCUT2D eigenvalue weighted by molar-refractivity contribution is -0.139. The Morgan fingerprint density at radius 3 is 2.32 bits per heavy atom. The van der Waals surface area contributed by atoms with Gasteiger partial charge in [-0.05, 0) is 36.2 Å². The molecule has 0 fully saturated rings. The molecular weight excluding hydrogens is 322 g/mol. The molecule has 2 N–H and O–H groups in total. The average Bonchev–Trinajstić information content (AvgIpc) is 2.62. The standard InChI is InChI=1S/C19H21NO5/c1-12-14(9-10-16(24-2)17(12)25-3)11-15(19(22)23)20-18(21)13-7-5-4-6-8-13/h4-10,15H,11H2,1-3H3,(H,20,21)(H,22,23). The van der Waals surface area contributed by atoms with Crippen molar-refractivity contribution in [3.05, 3.63) is 59.2 Å². The lowest BCUT2D eigenvalue weighted by Crippen LogP contribution is -2.42. The fraction of sp³-hybridized carbons (Fsp3) is 0.263. The van der Waals surface area contributed by atoms with Crippen LogP contribution >= 0.6 is 0 Å². The van der Waals surface area contributed by atoms with Crippen molar-refractivity contribution in [1.82, 2.24) is 5.32 Å². The summed E-state index contributed by atoms with van der Waals surface area (Å²) in [4.78, 5) is 23.8. The molecule has 25 heavy (non-hydrogen) atoms. The molecule has 0 spiro atoms. The lowest BCUT2D eigenvalue weighted by Gasteiger charge is -2.18. The largest absolute Gasteiger partial charge is 0.493 e. The van der Waals surface area contributed by atoms with Gasteiger partial charge in [0.2, 0.25) is 0 Å². The van der Waals surface area contributed by atoms with Gasteiger partial charge in [-0.25, -0.2) is 4.79 Å². The first-order valence-electron chi connectivity index (χ1n) is 7.77. The quantitative estimate of drug-likeness (QED) is 0.806. The number of aliphatic carboxylic acids is 1. The van der Waals surface area contributed by atoms with E-state index in [1.54, 1.807) is 42.5 Å². The van der Waals surface area contributed by atoms with Crippen LogP contribution in [0.3, 0.4) is 0 Å². The zero-order chi connectivity index (χ0) is 18.4. The Morgan fingerprint density at radius 1 is 1.08 bits per heavy atom. The molecule has 0 heterocycles. The summed E-state index contributed by atoms with van der Waals surface area (Å²) in [6.07, 6.45) is 0.139. The van der Waals surface area contributed by atoms with Crippen LogP contribution in [-0.2, 0) is 11.2 Å². The number of ether oxygens (including phenoxy) is 2. The fourth-order valence-electron chi connectivity index (χ4n) is 2.59. The Bertz CT molecular complexity index is 758. The fourth-order valence-corrected chi connectivity index (χ4v) is 2.59. The molecule has 0 saturated heterocycles. The SMILES string of the molecule is COc1ccc(CC(NC(=O)c2ccccc2)C(=O)O)c(C)c1OC. The first-order chi connectivity index (χ1) is 12.0. The van der Waals surface area contributed by atoms with Crippen LogP contribution in [0, 0.1) is 6.92 Å². The summed E-state index contributed by atoms with van der Waals surface area (Å²) in [7, 11) is 3.07. The highest BCUT2D eigenvalue weighted by atomic mass is 16.5. The van der Waals surface area contributed by atoms with Crippen molar-refractivity contribution in [3.63, 3.8) is 0 Å². The molecule has 6 heteroatoms. The van der Waals surface area contributed by atoms with E-state index >= 15 is 0 Å². The lowest BCUT2D eigenvalue weighted by atomic mass is 9.99. The molecule has 6 nitrogen and oxygen atoms in total. The Balaban J connectivity index is 2.22. The van der Waals surface area contributed by atoms with Gasteiger partial charge in [-0.2, -0.15) is 0 Å². The number of hydrogen-bond donors (Lipinski definition) is 2. The second-order valence-electron chi connectivity index (χ2n) is 5.52. The van der Waals surface area contributed by atoms with Gasteiger partial charge in [-0.1, -0.05) is 24.3 Å². The molecule has 2 aromatic rings. The summed E-state index contributed by atoms with van der Waals surface area (Å²) >= 11 is 0. The van der Waals surface area contributed by atoms with Crippen molar-refractivity contribution in [2.45, 2.75) is 19.4 Å². The second-order valence-corrected chi connectivity index (χ2v) is 5.52. The molecule has 0 radical (unpaired) electrons. The van der Waals surface area contributed by atoms with Gasteiger partial charge in [-0.3, -0.25) is 4.79 Å². The third-order valence-electron chi connectivity index (χ3n) is 3.97. The Morgan fingerprint density at radius 2 is 1.76 bits per heavy atom. The van der Waals surface area contributed by atoms with Crippen LogP contribution in [0.5, 0.6) is 11.5 Å². The minimum atomic E-state index is -1.10. The number of carboxylic acid groups (broad SMARTS) is 1. The number of amides is 1. The van der Waals surface area contributed by atoms with Crippen LogP contribution < -0.4 is 14.8 Å². The summed E-state index contributed by atoms with van der Waals surface area (Å²) < 4.78 is 10.6. The van der Waals surface area contributed by atoms with E-state index in [4.69, 9.17) is 9.47 Å². The predicted molar refractivity (Wildman–Crippen MR) is 93.3 cm³/mol. The van der Waals surface area contributed by atoms with Gasteiger partial charge in [0.15, 0.2) is 11.5 Å². The molecule has 0 aromatic heterocycles. The number of carbonyl (C=O) groups is 2. The number of carbonyl (C=O) groups excluding carboxylic acids is 1. The van der Waals surface area contributed by atoms with E-state index in [9.17, 15) is 14.7 Å². The summed E-state index contributed by atoms with van der Waals surface area (Å²) in [5.74, 6) is -0.396. The van der Waals surface area contributed by atoms with Crippen molar-refractivity contribution in [2.75, 3.05) is 14.2 Å². The molecule has 0 aliphatic heterocycles. The monoisotopic (exact) mass is 343 g/mol. The molecule has 1 atom stereocenters. The Hall–Kier alpha value is -3.02. The summed E-state index contributed by atoms with van der Waals surface area (Å²) in [5.41, 5.74) is 1.96. The Labute approximate surface area is 146 Å². The highest BCUT2D eigenvalue weighted by molar-refractivity contribution is 5.96. The Kier molecular flexibility index (Phi) is 6.00. The van der Waals surface area contributed by atoms with Crippen molar-refractivity contribution in [2.24, 2.45) is 0 Å². The minimum absolute atomic E-state index is 0.139. The van der Waals surface area contributed by atoms with Gasteiger partial charge < -0.3 is 19.9 Å². The van der Waals surface area contributed by atoms with Crippen molar-refractivity contribution < 1.29 is 24.2 Å². The van der Waals surface area contributed by atoms with E-state index in [0.29, 0.717) is 17.1 Å². The third kappa shape index (κ3) is 4.29. The average molecular weight is 343 g/mol. The van der Waals surface area contributed by atoms with Crippen molar-refractivity contribution in [1.29, 1.82) is 0 Å². The molecule has 0 bridgehead atoms. The number of rotatable bonds is 7. The maximum Gasteiger partial charge on any atom is 0.326 e. The third-order valence-corrected chi connectivity index (χ3v) is 3.97. The maximum atomic E-state index is 12.2. The van der Waals surface area contributed by atoms with Gasteiger partial charge in [0.05, 0.1) is 14.2 Å². The van der Waals surface area contributed by atoms with Crippen LogP contribution in [-0.4, -0.2) is 37.2 Å². The summed E-state index contributed by atoms with van der Waals surface area (Å²) in [5, 5.41) is 12.0. The first-order valence-corrected chi connectivity index (χ1v) is 7.77.